The molecule has 1 N–H and O–H groups in total. The molecule has 1 heterocycles. The van der Waals surface area contributed by atoms with Crippen molar-refractivity contribution in [2.45, 2.75) is 0 Å². The summed E-state index contributed by atoms with van der Waals surface area (Å²) in [5.41, 5.74) is 0.106. The van der Waals surface area contributed by atoms with E-state index in [1.807, 2.05) is 0 Å². The van der Waals surface area contributed by atoms with Gasteiger partial charge in [0.2, 0.25) is 0 Å². The minimum Gasteiger partial charge on any atom is -0.364 e. The number of hydrogen-bond donors (Lipinski definition) is 1. The van der Waals surface area contributed by atoms with E-state index in [0.29, 0.717) is 13.1 Å². The van der Waals surface area contributed by atoms with E-state index in [0.717, 1.165) is 13.1 Å². The van der Waals surface area contributed by atoms with Crippen molar-refractivity contribution in [2.24, 2.45) is 0 Å². The largest absolute Gasteiger partial charge is 0.364 e. The van der Waals surface area contributed by atoms with Crippen molar-refractivity contribution in [2.75, 3.05) is 31.1 Å². The van der Waals surface area contributed by atoms with Gasteiger partial charge in [-0.15, -0.1) is 0 Å². The Labute approximate surface area is 81.5 Å². The van der Waals surface area contributed by atoms with Gasteiger partial charge in [-0.1, -0.05) is 6.07 Å². The third kappa shape index (κ3) is 1.70. The molecule has 0 aliphatic carbocycles. The molecule has 0 saturated carbocycles. The zero-order valence-corrected chi connectivity index (χ0v) is 7.76. The van der Waals surface area contributed by atoms with Crippen molar-refractivity contribution in [3.05, 3.63) is 29.8 Å². The molecule has 0 aromatic heterocycles. The van der Waals surface area contributed by atoms with Crippen molar-refractivity contribution in [1.82, 2.24) is 5.32 Å². The summed E-state index contributed by atoms with van der Waals surface area (Å²) in [6, 6.07) is 3.97. The zero-order chi connectivity index (χ0) is 9.97. The molecule has 4 heteroatoms. The van der Waals surface area contributed by atoms with Crippen molar-refractivity contribution < 1.29 is 8.78 Å². The molecular weight excluding hydrogens is 186 g/mol. The first-order valence-corrected chi connectivity index (χ1v) is 4.69. The Bertz CT molecular complexity index is 302. The van der Waals surface area contributed by atoms with Crippen molar-refractivity contribution in [1.29, 1.82) is 0 Å². The standard InChI is InChI=1S/C10H12F2N2/c11-8-2-1-3-9(12)10(8)14-6-4-13-5-7-14/h1-3,13H,4-7H2. The number of anilines is 1. The molecular formula is C10H12F2N2. The van der Waals surface area contributed by atoms with Gasteiger partial charge in [0.1, 0.15) is 17.3 Å². The highest BCUT2D eigenvalue weighted by Crippen LogP contribution is 2.22. The van der Waals surface area contributed by atoms with Gasteiger partial charge in [0.05, 0.1) is 0 Å². The molecule has 1 aromatic rings. The highest BCUT2D eigenvalue weighted by molar-refractivity contribution is 5.49. The topological polar surface area (TPSA) is 15.3 Å². The molecule has 1 aromatic carbocycles. The Hall–Kier alpha value is -1.16. The molecule has 0 radical (unpaired) electrons. The van der Waals surface area contributed by atoms with Crippen molar-refractivity contribution in [3.8, 4) is 0 Å². The molecule has 14 heavy (non-hydrogen) atoms. The molecule has 1 aliphatic heterocycles. The van der Waals surface area contributed by atoms with Gasteiger partial charge in [0.25, 0.3) is 0 Å². The minimum absolute atomic E-state index is 0.106. The molecule has 1 aliphatic rings. The second kappa shape index (κ2) is 3.92. The number of nitrogens with zero attached hydrogens (tertiary/aromatic N) is 1. The normalized spacial score (nSPS) is 17.1. The fraction of sp³-hybridized carbons (Fsp3) is 0.400. The summed E-state index contributed by atoms with van der Waals surface area (Å²) < 4.78 is 26.7. The summed E-state index contributed by atoms with van der Waals surface area (Å²) in [5, 5.41) is 3.14. The van der Waals surface area contributed by atoms with E-state index in [2.05, 4.69) is 5.32 Å². The van der Waals surface area contributed by atoms with E-state index < -0.39 is 11.6 Å². The Morgan fingerprint density at radius 2 is 1.64 bits per heavy atom. The van der Waals surface area contributed by atoms with Crippen LogP contribution in [0.3, 0.4) is 0 Å². The predicted molar refractivity (Wildman–Crippen MR) is 51.4 cm³/mol. The van der Waals surface area contributed by atoms with Crippen LogP contribution in [0.4, 0.5) is 14.5 Å². The maximum atomic E-state index is 13.3. The van der Waals surface area contributed by atoms with Crippen LogP contribution in [0, 0.1) is 11.6 Å². The second-order valence-electron chi connectivity index (χ2n) is 3.31. The summed E-state index contributed by atoms with van der Waals surface area (Å²) in [6.45, 7) is 2.84. The quantitative estimate of drug-likeness (QED) is 0.733. The molecule has 1 fully saturated rings. The molecule has 0 amide bonds. The summed E-state index contributed by atoms with van der Waals surface area (Å²) in [4.78, 5) is 1.74. The lowest BCUT2D eigenvalue weighted by Gasteiger charge is -2.29. The monoisotopic (exact) mass is 198 g/mol. The summed E-state index contributed by atoms with van der Waals surface area (Å²) in [7, 11) is 0. The SMILES string of the molecule is Fc1cccc(F)c1N1CCNCC1. The van der Waals surface area contributed by atoms with Gasteiger partial charge in [0.15, 0.2) is 0 Å². The average molecular weight is 198 g/mol. The lowest BCUT2D eigenvalue weighted by atomic mass is 10.2. The van der Waals surface area contributed by atoms with E-state index >= 15 is 0 Å². The van der Waals surface area contributed by atoms with Gasteiger partial charge in [0, 0.05) is 26.2 Å². The van der Waals surface area contributed by atoms with Gasteiger partial charge in [-0.2, -0.15) is 0 Å². The molecule has 0 spiro atoms. The lowest BCUT2D eigenvalue weighted by molar-refractivity contribution is 0.538. The molecule has 0 atom stereocenters. The summed E-state index contributed by atoms with van der Waals surface area (Å²) in [5.74, 6) is -0.959. The lowest BCUT2D eigenvalue weighted by Crippen LogP contribution is -2.44. The van der Waals surface area contributed by atoms with Crippen molar-refractivity contribution in [3.63, 3.8) is 0 Å². The van der Waals surface area contributed by atoms with Crippen molar-refractivity contribution >= 4 is 5.69 Å². The Morgan fingerprint density at radius 1 is 1.07 bits per heavy atom. The first kappa shape index (κ1) is 9.40. The summed E-state index contributed by atoms with van der Waals surface area (Å²) >= 11 is 0. The van der Waals surface area contributed by atoms with Crippen LogP contribution in [0.1, 0.15) is 0 Å². The maximum absolute atomic E-state index is 13.3. The number of nitrogens with one attached hydrogen (secondary N) is 1. The Kier molecular flexibility index (Phi) is 2.63. The highest BCUT2D eigenvalue weighted by Gasteiger charge is 2.17. The van der Waals surface area contributed by atoms with Crippen LogP contribution in [0.25, 0.3) is 0 Å². The van der Waals surface area contributed by atoms with Crippen LogP contribution in [0.15, 0.2) is 18.2 Å². The fourth-order valence-electron chi connectivity index (χ4n) is 1.68. The molecule has 2 nitrogen and oxygen atoms in total. The van der Waals surface area contributed by atoms with Crippen LogP contribution in [0.5, 0.6) is 0 Å². The first-order chi connectivity index (χ1) is 6.79. The van der Waals surface area contributed by atoms with E-state index in [1.165, 1.54) is 18.2 Å². The smallest absolute Gasteiger partial charge is 0.149 e. The number of hydrogen-bond acceptors (Lipinski definition) is 2. The van der Waals surface area contributed by atoms with Crippen LogP contribution in [-0.4, -0.2) is 26.2 Å². The van der Waals surface area contributed by atoms with E-state index in [4.69, 9.17) is 0 Å². The number of para-hydroxylation sites is 1. The number of rotatable bonds is 1. The number of piperazine rings is 1. The first-order valence-electron chi connectivity index (χ1n) is 4.69. The molecule has 76 valence electrons. The number of halogens is 2. The van der Waals surface area contributed by atoms with E-state index in [9.17, 15) is 8.78 Å². The number of benzene rings is 1. The van der Waals surface area contributed by atoms with Gasteiger partial charge < -0.3 is 10.2 Å². The average Bonchev–Trinajstić information content (AvgIpc) is 2.19. The van der Waals surface area contributed by atoms with Gasteiger partial charge >= 0.3 is 0 Å². The second-order valence-corrected chi connectivity index (χ2v) is 3.31. The highest BCUT2D eigenvalue weighted by atomic mass is 19.1. The van der Waals surface area contributed by atoms with Gasteiger partial charge in [-0.3, -0.25) is 0 Å². The van der Waals surface area contributed by atoms with E-state index in [1.54, 1.807) is 4.90 Å². The third-order valence-electron chi connectivity index (χ3n) is 2.37. The van der Waals surface area contributed by atoms with E-state index in [-0.39, 0.29) is 5.69 Å². The molecule has 1 saturated heterocycles. The summed E-state index contributed by atoms with van der Waals surface area (Å²) in [6.07, 6.45) is 0. The fourth-order valence-corrected chi connectivity index (χ4v) is 1.68. The van der Waals surface area contributed by atoms with Crippen LogP contribution >= 0.6 is 0 Å². The maximum Gasteiger partial charge on any atom is 0.149 e. The Morgan fingerprint density at radius 3 is 2.21 bits per heavy atom. The van der Waals surface area contributed by atoms with Crippen LogP contribution < -0.4 is 10.2 Å². The molecule has 0 bridgehead atoms. The van der Waals surface area contributed by atoms with Gasteiger partial charge in [-0.05, 0) is 12.1 Å². The van der Waals surface area contributed by atoms with Crippen LogP contribution in [0.2, 0.25) is 0 Å². The van der Waals surface area contributed by atoms with Crippen LogP contribution in [-0.2, 0) is 0 Å². The minimum atomic E-state index is -0.480. The third-order valence-corrected chi connectivity index (χ3v) is 2.37. The predicted octanol–water partition coefficient (Wildman–Crippen LogP) is 1.37. The molecule has 0 unspecified atom stereocenters. The zero-order valence-electron chi connectivity index (χ0n) is 7.76. The van der Waals surface area contributed by atoms with Gasteiger partial charge in [-0.25, -0.2) is 8.78 Å². The Balaban J connectivity index is 2.29. The molecule has 2 rings (SSSR count).